The number of halogens is 1. The molecule has 3 aromatic carbocycles. The first-order valence-corrected chi connectivity index (χ1v) is 11.7. The van der Waals surface area contributed by atoms with Crippen molar-refractivity contribution >= 4 is 35.4 Å². The highest BCUT2D eigenvalue weighted by Crippen LogP contribution is 2.32. The van der Waals surface area contributed by atoms with Crippen LogP contribution in [-0.2, 0) is 13.0 Å². The molecule has 1 heterocycles. The van der Waals surface area contributed by atoms with Gasteiger partial charge in [-0.15, -0.1) is 12.4 Å². The van der Waals surface area contributed by atoms with E-state index < -0.39 is 6.10 Å². The number of benzene rings is 3. The van der Waals surface area contributed by atoms with Crippen molar-refractivity contribution in [1.29, 1.82) is 0 Å². The van der Waals surface area contributed by atoms with Crippen LogP contribution in [0.15, 0.2) is 72.8 Å². The zero-order valence-corrected chi connectivity index (χ0v) is 20.9. The normalized spacial score (nSPS) is 12.4. The number of aliphatic hydroxyl groups is 1. The number of hydrogen-bond donors (Lipinski definition) is 4. The molecule has 3 aromatic rings. The maximum Gasteiger partial charge on any atom is 0.231 e. The van der Waals surface area contributed by atoms with Crippen LogP contribution in [0.25, 0.3) is 0 Å². The molecule has 0 saturated carbocycles. The van der Waals surface area contributed by atoms with E-state index in [2.05, 4.69) is 28.1 Å². The van der Waals surface area contributed by atoms with Gasteiger partial charge in [-0.25, -0.2) is 0 Å². The van der Waals surface area contributed by atoms with E-state index in [0.717, 1.165) is 41.5 Å². The highest BCUT2D eigenvalue weighted by Gasteiger charge is 2.13. The molecule has 0 aliphatic carbocycles. The van der Waals surface area contributed by atoms with E-state index in [4.69, 9.17) is 26.4 Å². The van der Waals surface area contributed by atoms with Crippen molar-refractivity contribution in [3.8, 4) is 17.2 Å². The fraction of sp³-hybridized carbons (Fsp3) is 0.269. The van der Waals surface area contributed by atoms with Crippen LogP contribution in [0.4, 0.5) is 5.69 Å². The summed E-state index contributed by atoms with van der Waals surface area (Å²) in [5.74, 6) is 2.30. The molecule has 0 unspecified atom stereocenters. The minimum Gasteiger partial charge on any atom is -0.491 e. The van der Waals surface area contributed by atoms with Crippen LogP contribution in [0.5, 0.6) is 17.2 Å². The zero-order chi connectivity index (χ0) is 23.6. The van der Waals surface area contributed by atoms with Gasteiger partial charge in [0.05, 0.1) is 0 Å². The fourth-order valence-electron chi connectivity index (χ4n) is 3.43. The molecular formula is C26H30ClN3O4S. The first kappa shape index (κ1) is 26.6. The zero-order valence-electron chi connectivity index (χ0n) is 19.2. The monoisotopic (exact) mass is 515 g/mol. The quantitative estimate of drug-likeness (QED) is 0.226. The van der Waals surface area contributed by atoms with Crippen LogP contribution in [0.2, 0.25) is 0 Å². The first-order valence-electron chi connectivity index (χ1n) is 11.2. The lowest BCUT2D eigenvalue weighted by atomic mass is 10.1. The summed E-state index contributed by atoms with van der Waals surface area (Å²) in [6.45, 7) is 2.37. The molecule has 0 bridgehead atoms. The smallest absolute Gasteiger partial charge is 0.231 e. The van der Waals surface area contributed by atoms with Crippen LogP contribution < -0.4 is 30.2 Å². The predicted octanol–water partition coefficient (Wildman–Crippen LogP) is 3.90. The van der Waals surface area contributed by atoms with Gasteiger partial charge in [0, 0.05) is 18.8 Å². The minimum atomic E-state index is -0.557. The van der Waals surface area contributed by atoms with Crippen molar-refractivity contribution in [3.63, 3.8) is 0 Å². The summed E-state index contributed by atoms with van der Waals surface area (Å²) in [6, 6.07) is 23.5. The number of anilines is 1. The Bertz CT molecular complexity index is 1070. The Labute approximate surface area is 217 Å². The molecular weight excluding hydrogens is 486 g/mol. The summed E-state index contributed by atoms with van der Waals surface area (Å²) in [5, 5.41) is 20.3. The molecule has 0 spiro atoms. The standard InChI is InChI=1S/C26H29N3O4S.ClH/c30-22(17-31-23-4-2-1-3-5-23)16-27-13-12-19-6-9-21(10-7-19)29-26(34)28-15-20-8-11-24-25(14-20)33-18-32-24;/h1-11,14,22,27,30H,12-13,15-18H2,(H2,28,29,34);1H/t22-;/m0./s1. The maximum atomic E-state index is 10.1. The summed E-state index contributed by atoms with van der Waals surface area (Å²) >= 11 is 5.41. The van der Waals surface area contributed by atoms with E-state index in [0.29, 0.717) is 18.2 Å². The van der Waals surface area contributed by atoms with Crippen molar-refractivity contribution in [1.82, 2.24) is 10.6 Å². The Morgan fingerprint density at radius 3 is 2.51 bits per heavy atom. The van der Waals surface area contributed by atoms with Gasteiger partial charge in [0.25, 0.3) is 0 Å². The van der Waals surface area contributed by atoms with Gasteiger partial charge < -0.3 is 35.3 Å². The Balaban J connectivity index is 0.00000342. The number of nitrogens with one attached hydrogen (secondary N) is 3. The fourth-order valence-corrected chi connectivity index (χ4v) is 3.62. The number of hydrogen-bond acceptors (Lipinski definition) is 6. The van der Waals surface area contributed by atoms with Crippen LogP contribution in [0.1, 0.15) is 11.1 Å². The molecule has 0 saturated heterocycles. The number of aliphatic hydroxyl groups excluding tert-OH is 1. The first-order chi connectivity index (χ1) is 16.7. The van der Waals surface area contributed by atoms with E-state index in [1.54, 1.807) is 0 Å². The van der Waals surface area contributed by atoms with Gasteiger partial charge in [0.1, 0.15) is 18.5 Å². The number of rotatable bonds is 11. The lowest BCUT2D eigenvalue weighted by molar-refractivity contribution is 0.106. The number of fused-ring (bicyclic) bond motifs is 1. The van der Waals surface area contributed by atoms with Crippen molar-refractivity contribution in [2.24, 2.45) is 0 Å². The highest BCUT2D eigenvalue weighted by molar-refractivity contribution is 7.80. The average molecular weight is 516 g/mol. The molecule has 0 amide bonds. The lowest BCUT2D eigenvalue weighted by Crippen LogP contribution is -2.32. The molecule has 0 fully saturated rings. The second-order valence-electron chi connectivity index (χ2n) is 7.92. The summed E-state index contributed by atoms with van der Waals surface area (Å²) in [5.41, 5.74) is 3.19. The SMILES string of the molecule is Cl.O[C@@H](CNCCc1ccc(NC(=S)NCc2ccc3c(c2)OCO3)cc1)COc1ccccc1. The lowest BCUT2D eigenvalue weighted by Gasteiger charge is -2.13. The number of ether oxygens (including phenoxy) is 3. The van der Waals surface area contributed by atoms with E-state index in [1.165, 1.54) is 5.56 Å². The Kier molecular flexibility index (Phi) is 10.4. The van der Waals surface area contributed by atoms with Gasteiger partial charge in [-0.05, 0) is 72.7 Å². The van der Waals surface area contributed by atoms with E-state index in [-0.39, 0.29) is 25.8 Å². The maximum absolute atomic E-state index is 10.1. The third-order valence-electron chi connectivity index (χ3n) is 5.26. The van der Waals surface area contributed by atoms with Crippen LogP contribution in [0, 0.1) is 0 Å². The molecule has 35 heavy (non-hydrogen) atoms. The van der Waals surface area contributed by atoms with Crippen molar-refractivity contribution in [3.05, 3.63) is 83.9 Å². The second-order valence-corrected chi connectivity index (χ2v) is 8.33. The van der Waals surface area contributed by atoms with Crippen LogP contribution >= 0.6 is 24.6 Å². The number of para-hydroxylation sites is 1. The Hall–Kier alpha value is -3.04. The molecule has 1 aliphatic rings. The Morgan fingerprint density at radius 2 is 1.71 bits per heavy atom. The van der Waals surface area contributed by atoms with Gasteiger partial charge in [0.15, 0.2) is 16.6 Å². The molecule has 0 aromatic heterocycles. The van der Waals surface area contributed by atoms with Crippen molar-refractivity contribution in [2.75, 3.05) is 31.8 Å². The van der Waals surface area contributed by atoms with Gasteiger partial charge >= 0.3 is 0 Å². The largest absolute Gasteiger partial charge is 0.491 e. The summed E-state index contributed by atoms with van der Waals surface area (Å²) in [6.07, 6.45) is 0.303. The molecule has 186 valence electrons. The summed E-state index contributed by atoms with van der Waals surface area (Å²) in [7, 11) is 0. The predicted molar refractivity (Wildman–Crippen MR) is 144 cm³/mol. The number of thiocarbonyl (C=S) groups is 1. The van der Waals surface area contributed by atoms with Gasteiger partial charge in [-0.3, -0.25) is 0 Å². The topological polar surface area (TPSA) is 84.0 Å². The van der Waals surface area contributed by atoms with Crippen molar-refractivity contribution in [2.45, 2.75) is 19.1 Å². The molecule has 9 heteroatoms. The van der Waals surface area contributed by atoms with E-state index >= 15 is 0 Å². The highest BCUT2D eigenvalue weighted by atomic mass is 35.5. The van der Waals surface area contributed by atoms with Crippen molar-refractivity contribution < 1.29 is 19.3 Å². The third-order valence-corrected chi connectivity index (χ3v) is 5.50. The Morgan fingerprint density at radius 1 is 0.971 bits per heavy atom. The average Bonchev–Trinajstić information content (AvgIpc) is 3.34. The summed E-state index contributed by atoms with van der Waals surface area (Å²) < 4.78 is 16.3. The molecule has 0 radical (unpaired) electrons. The minimum absolute atomic E-state index is 0. The van der Waals surface area contributed by atoms with E-state index in [1.807, 2.05) is 60.7 Å². The third kappa shape index (κ3) is 8.60. The molecule has 7 nitrogen and oxygen atoms in total. The molecule has 1 aliphatic heterocycles. The van der Waals surface area contributed by atoms with Gasteiger partial charge in [-0.2, -0.15) is 0 Å². The summed E-state index contributed by atoms with van der Waals surface area (Å²) in [4.78, 5) is 0. The second kappa shape index (κ2) is 13.7. The van der Waals surface area contributed by atoms with Gasteiger partial charge in [0.2, 0.25) is 6.79 Å². The van der Waals surface area contributed by atoms with Crippen LogP contribution in [0.3, 0.4) is 0 Å². The molecule has 1 atom stereocenters. The molecule has 4 N–H and O–H groups in total. The van der Waals surface area contributed by atoms with Gasteiger partial charge in [-0.1, -0.05) is 36.4 Å². The van der Waals surface area contributed by atoms with Crippen LogP contribution in [-0.4, -0.2) is 42.8 Å². The van der Waals surface area contributed by atoms with E-state index in [9.17, 15) is 5.11 Å². The molecule has 4 rings (SSSR count).